The Hall–Kier alpha value is -1.47. The van der Waals surface area contributed by atoms with Crippen LogP contribution in [0.2, 0.25) is 0 Å². The van der Waals surface area contributed by atoms with Crippen LogP contribution in [-0.4, -0.2) is 42.4 Å². The van der Waals surface area contributed by atoms with Crippen molar-refractivity contribution < 1.29 is 14.0 Å². The molecule has 1 aliphatic heterocycles. The fourth-order valence-corrected chi connectivity index (χ4v) is 3.15. The van der Waals surface area contributed by atoms with Gasteiger partial charge in [-0.3, -0.25) is 9.59 Å². The molecule has 24 heavy (non-hydrogen) atoms. The van der Waals surface area contributed by atoms with E-state index in [1.165, 1.54) is 31.0 Å². The Bertz CT molecular complexity index is 589. The van der Waals surface area contributed by atoms with Crippen LogP contribution in [0.3, 0.4) is 0 Å². The van der Waals surface area contributed by atoms with Gasteiger partial charge in [0.2, 0.25) is 0 Å². The zero-order valence-electron chi connectivity index (χ0n) is 13.8. The van der Waals surface area contributed by atoms with E-state index in [9.17, 15) is 14.0 Å². The first-order valence-corrected chi connectivity index (χ1v) is 9.08. The molecule has 0 bridgehead atoms. The van der Waals surface area contributed by atoms with Crippen LogP contribution in [0.4, 0.5) is 10.1 Å². The number of hydrogen-bond acceptors (Lipinski definition) is 3. The summed E-state index contributed by atoms with van der Waals surface area (Å²) in [6.07, 6.45) is 4.06. The summed E-state index contributed by atoms with van der Waals surface area (Å²) in [7, 11) is 0. The van der Waals surface area contributed by atoms with E-state index >= 15 is 0 Å². The maximum atomic E-state index is 13.0. The van der Waals surface area contributed by atoms with Crippen LogP contribution >= 0.6 is 15.9 Å². The van der Waals surface area contributed by atoms with E-state index in [1.54, 1.807) is 0 Å². The van der Waals surface area contributed by atoms with E-state index in [0.717, 1.165) is 32.5 Å². The standard InChI is InChI=1S/C17H23BrFN3O2/c1-2-3-8-22-9-6-13(7-10-22)20-16(23)17(24)21-15-5-4-12(19)11-14(15)18/h4-5,11,13H,2-3,6-10H2,1H3,(H,20,23)(H,21,24). The number of anilines is 1. The Kier molecular flexibility index (Phi) is 7.17. The van der Waals surface area contributed by atoms with Crippen LogP contribution in [0.1, 0.15) is 32.6 Å². The molecule has 0 atom stereocenters. The zero-order valence-corrected chi connectivity index (χ0v) is 15.4. The number of halogens is 2. The highest BCUT2D eigenvalue weighted by Crippen LogP contribution is 2.23. The third-order valence-electron chi connectivity index (χ3n) is 4.14. The highest BCUT2D eigenvalue weighted by atomic mass is 79.9. The number of amides is 2. The van der Waals surface area contributed by atoms with Crippen molar-refractivity contribution >= 4 is 33.4 Å². The molecule has 1 aromatic rings. The first-order chi connectivity index (χ1) is 11.5. The Balaban J connectivity index is 1.79. The Labute approximate surface area is 150 Å². The van der Waals surface area contributed by atoms with Crippen molar-refractivity contribution in [3.05, 3.63) is 28.5 Å². The average Bonchev–Trinajstić information content (AvgIpc) is 2.56. The monoisotopic (exact) mass is 399 g/mol. The molecule has 5 nitrogen and oxygen atoms in total. The third kappa shape index (κ3) is 5.56. The van der Waals surface area contributed by atoms with E-state index in [4.69, 9.17) is 0 Å². The van der Waals surface area contributed by atoms with Crippen LogP contribution in [0, 0.1) is 5.82 Å². The lowest BCUT2D eigenvalue weighted by Crippen LogP contribution is -2.47. The minimum absolute atomic E-state index is 0.0257. The van der Waals surface area contributed by atoms with Crippen LogP contribution in [0.15, 0.2) is 22.7 Å². The second-order valence-electron chi connectivity index (χ2n) is 6.02. The minimum atomic E-state index is -0.740. The smallest absolute Gasteiger partial charge is 0.313 e. The van der Waals surface area contributed by atoms with E-state index in [-0.39, 0.29) is 6.04 Å². The molecule has 0 unspecified atom stereocenters. The van der Waals surface area contributed by atoms with Crippen molar-refractivity contribution in [2.75, 3.05) is 25.0 Å². The maximum Gasteiger partial charge on any atom is 0.313 e. The highest BCUT2D eigenvalue weighted by Gasteiger charge is 2.23. The molecule has 2 N–H and O–H groups in total. The summed E-state index contributed by atoms with van der Waals surface area (Å²) in [6, 6.07) is 3.90. The van der Waals surface area contributed by atoms with Crippen molar-refractivity contribution in [3.63, 3.8) is 0 Å². The summed E-state index contributed by atoms with van der Waals surface area (Å²) < 4.78 is 13.4. The molecule has 1 aliphatic rings. The molecule has 1 aromatic carbocycles. The number of piperidine rings is 1. The summed E-state index contributed by atoms with van der Waals surface area (Å²) in [4.78, 5) is 26.4. The van der Waals surface area contributed by atoms with Crippen molar-refractivity contribution in [1.29, 1.82) is 0 Å². The second kappa shape index (κ2) is 9.13. The molecule has 1 heterocycles. The number of rotatable bonds is 5. The summed E-state index contributed by atoms with van der Waals surface area (Å²) >= 11 is 3.16. The number of likely N-dealkylation sites (tertiary alicyclic amines) is 1. The van der Waals surface area contributed by atoms with Gasteiger partial charge in [-0.2, -0.15) is 0 Å². The van der Waals surface area contributed by atoms with Gasteiger partial charge in [0.05, 0.1) is 5.69 Å². The Morgan fingerprint density at radius 3 is 2.62 bits per heavy atom. The lowest BCUT2D eigenvalue weighted by atomic mass is 10.0. The van der Waals surface area contributed by atoms with E-state index in [2.05, 4.69) is 38.4 Å². The zero-order chi connectivity index (χ0) is 17.5. The number of carbonyl (C=O) groups excluding carboxylic acids is 2. The van der Waals surface area contributed by atoms with Gasteiger partial charge in [-0.1, -0.05) is 13.3 Å². The Morgan fingerprint density at radius 1 is 1.29 bits per heavy atom. The topological polar surface area (TPSA) is 61.4 Å². The summed E-state index contributed by atoms with van der Waals surface area (Å²) in [5, 5.41) is 5.27. The van der Waals surface area contributed by atoms with E-state index in [0.29, 0.717) is 10.2 Å². The van der Waals surface area contributed by atoms with Crippen molar-refractivity contribution in [3.8, 4) is 0 Å². The molecule has 0 aromatic heterocycles. The number of nitrogens with one attached hydrogen (secondary N) is 2. The molecule has 0 spiro atoms. The van der Waals surface area contributed by atoms with Gasteiger partial charge in [0.15, 0.2) is 0 Å². The second-order valence-corrected chi connectivity index (χ2v) is 6.88. The first kappa shape index (κ1) is 18.9. The SMILES string of the molecule is CCCCN1CCC(NC(=O)C(=O)Nc2ccc(F)cc2Br)CC1. The third-order valence-corrected chi connectivity index (χ3v) is 4.79. The normalized spacial score (nSPS) is 16.0. The van der Waals surface area contributed by atoms with Gasteiger partial charge in [0, 0.05) is 23.6 Å². The van der Waals surface area contributed by atoms with Crippen molar-refractivity contribution in [2.45, 2.75) is 38.6 Å². The van der Waals surface area contributed by atoms with Gasteiger partial charge >= 0.3 is 11.8 Å². The van der Waals surface area contributed by atoms with E-state index in [1.807, 2.05) is 0 Å². The predicted molar refractivity (Wildman–Crippen MR) is 95.2 cm³/mol. The summed E-state index contributed by atoms with van der Waals surface area (Å²) in [5.41, 5.74) is 0.367. The van der Waals surface area contributed by atoms with Gasteiger partial charge in [-0.15, -0.1) is 0 Å². The quantitative estimate of drug-likeness (QED) is 0.748. The molecule has 2 rings (SSSR count). The molecule has 0 saturated carbocycles. The van der Waals surface area contributed by atoms with Crippen LogP contribution in [0.25, 0.3) is 0 Å². The van der Waals surface area contributed by atoms with Gasteiger partial charge in [0.25, 0.3) is 0 Å². The lowest BCUT2D eigenvalue weighted by molar-refractivity contribution is -0.136. The molecule has 7 heteroatoms. The molecule has 1 fully saturated rings. The summed E-state index contributed by atoms with van der Waals surface area (Å²) in [5.74, 6) is -1.81. The molecule has 1 saturated heterocycles. The maximum absolute atomic E-state index is 13.0. The number of nitrogens with zero attached hydrogens (tertiary/aromatic N) is 1. The highest BCUT2D eigenvalue weighted by molar-refractivity contribution is 9.10. The van der Waals surface area contributed by atoms with Gasteiger partial charge in [-0.05, 0) is 59.9 Å². The molecular formula is C17H23BrFN3O2. The Morgan fingerprint density at radius 2 is 2.00 bits per heavy atom. The average molecular weight is 400 g/mol. The largest absolute Gasteiger partial charge is 0.345 e. The first-order valence-electron chi connectivity index (χ1n) is 8.29. The fraction of sp³-hybridized carbons (Fsp3) is 0.529. The van der Waals surface area contributed by atoms with Gasteiger partial charge in [-0.25, -0.2) is 4.39 Å². The minimum Gasteiger partial charge on any atom is -0.345 e. The number of benzene rings is 1. The molecular weight excluding hydrogens is 377 g/mol. The molecule has 132 valence electrons. The number of unbranched alkanes of at least 4 members (excludes halogenated alkanes) is 1. The van der Waals surface area contributed by atoms with Crippen molar-refractivity contribution in [1.82, 2.24) is 10.2 Å². The lowest BCUT2D eigenvalue weighted by Gasteiger charge is -2.32. The van der Waals surface area contributed by atoms with Crippen molar-refractivity contribution in [2.24, 2.45) is 0 Å². The molecule has 2 amide bonds. The van der Waals surface area contributed by atoms with Crippen LogP contribution in [-0.2, 0) is 9.59 Å². The fourth-order valence-electron chi connectivity index (χ4n) is 2.70. The van der Waals surface area contributed by atoms with Gasteiger partial charge < -0.3 is 15.5 Å². The van der Waals surface area contributed by atoms with Crippen LogP contribution in [0.5, 0.6) is 0 Å². The predicted octanol–water partition coefficient (Wildman–Crippen LogP) is 2.91. The van der Waals surface area contributed by atoms with Crippen LogP contribution < -0.4 is 10.6 Å². The van der Waals surface area contributed by atoms with E-state index < -0.39 is 17.6 Å². The van der Waals surface area contributed by atoms with Gasteiger partial charge in [0.1, 0.15) is 5.82 Å². The molecule has 0 radical (unpaired) electrons. The number of hydrogen-bond donors (Lipinski definition) is 2. The number of carbonyl (C=O) groups is 2. The summed E-state index contributed by atoms with van der Waals surface area (Å²) in [6.45, 7) is 5.15. The molecule has 0 aliphatic carbocycles.